The van der Waals surface area contributed by atoms with Crippen LogP contribution in [0.1, 0.15) is 38.5 Å². The highest BCUT2D eigenvalue weighted by Gasteiger charge is 2.18. The van der Waals surface area contributed by atoms with E-state index in [1.807, 2.05) is 0 Å². The van der Waals surface area contributed by atoms with Crippen LogP contribution in [0.15, 0.2) is 0 Å². The summed E-state index contributed by atoms with van der Waals surface area (Å²) in [5, 5.41) is 0. The van der Waals surface area contributed by atoms with Crippen LogP contribution in [0, 0.1) is 5.92 Å². The summed E-state index contributed by atoms with van der Waals surface area (Å²) in [7, 11) is 0. The Morgan fingerprint density at radius 1 is 1.42 bits per heavy atom. The molecule has 0 radical (unpaired) electrons. The Balaban J connectivity index is 2.20. The minimum Gasteiger partial charge on any atom is -0.393 e. The first-order chi connectivity index (χ1) is 5.68. The fourth-order valence-electron chi connectivity index (χ4n) is 1.80. The predicted octanol–water partition coefficient (Wildman–Crippen LogP) is 1.81. The maximum atomic E-state index is 11.2. The Morgan fingerprint density at radius 2 is 2.00 bits per heavy atom. The Labute approximate surface area is 78.5 Å². The molecule has 2 N–H and O–H groups in total. The van der Waals surface area contributed by atoms with E-state index in [-0.39, 0.29) is 5.78 Å². The summed E-state index contributed by atoms with van der Waals surface area (Å²) in [6.07, 6.45) is 5.98. The maximum absolute atomic E-state index is 11.2. The molecule has 1 fully saturated rings. The van der Waals surface area contributed by atoms with Crippen molar-refractivity contribution in [2.24, 2.45) is 11.7 Å². The lowest BCUT2D eigenvalue weighted by Crippen LogP contribution is -2.15. The minimum absolute atomic E-state index is 0.217. The number of carbonyl (C=O) groups excluding carboxylic acids is 1. The lowest BCUT2D eigenvalue weighted by atomic mass is 10.00. The van der Waals surface area contributed by atoms with Crippen molar-refractivity contribution in [1.29, 1.82) is 0 Å². The number of hydrogen-bond acceptors (Lipinski definition) is 2. The summed E-state index contributed by atoms with van der Waals surface area (Å²) in [6.45, 7) is 0. The van der Waals surface area contributed by atoms with Gasteiger partial charge in [0.2, 0.25) is 0 Å². The van der Waals surface area contributed by atoms with Crippen molar-refractivity contribution in [1.82, 2.24) is 0 Å². The van der Waals surface area contributed by atoms with Crippen LogP contribution in [-0.2, 0) is 4.79 Å². The number of rotatable bonds is 4. The molecule has 0 heterocycles. The molecule has 1 aliphatic carbocycles. The predicted molar refractivity (Wildman–Crippen MR) is 53.0 cm³/mol. The quantitative estimate of drug-likeness (QED) is 0.679. The standard InChI is InChI=1S/C9H15NOS/c10-9(12)6-8(11)5-7-3-1-2-4-7/h7H,1-6H2,(H2,10,12). The van der Waals surface area contributed by atoms with Crippen molar-refractivity contribution in [2.75, 3.05) is 0 Å². The molecule has 1 aliphatic rings. The fourth-order valence-corrected chi connectivity index (χ4v) is 1.96. The lowest BCUT2D eigenvalue weighted by Gasteiger charge is -2.06. The molecule has 0 unspecified atom stereocenters. The average Bonchev–Trinajstić information content (AvgIpc) is 2.37. The molecule has 1 rings (SSSR count). The van der Waals surface area contributed by atoms with E-state index in [1.165, 1.54) is 25.7 Å². The monoisotopic (exact) mass is 185 g/mol. The second kappa shape index (κ2) is 4.55. The van der Waals surface area contributed by atoms with Gasteiger partial charge >= 0.3 is 0 Å². The first-order valence-corrected chi connectivity index (χ1v) is 4.89. The summed E-state index contributed by atoms with van der Waals surface area (Å²) in [5.74, 6) is 0.834. The number of thiocarbonyl (C=S) groups is 1. The van der Waals surface area contributed by atoms with E-state index in [1.54, 1.807) is 0 Å². The van der Waals surface area contributed by atoms with E-state index in [0.29, 0.717) is 23.7 Å². The molecule has 0 aromatic carbocycles. The van der Waals surface area contributed by atoms with Gasteiger partial charge in [-0.05, 0) is 5.92 Å². The highest BCUT2D eigenvalue weighted by Crippen LogP contribution is 2.27. The Morgan fingerprint density at radius 3 is 2.50 bits per heavy atom. The molecule has 68 valence electrons. The van der Waals surface area contributed by atoms with Crippen molar-refractivity contribution in [2.45, 2.75) is 38.5 Å². The van der Waals surface area contributed by atoms with Crippen LogP contribution >= 0.6 is 12.2 Å². The summed E-state index contributed by atoms with van der Waals surface area (Å²) in [6, 6.07) is 0. The lowest BCUT2D eigenvalue weighted by molar-refractivity contribution is -0.118. The zero-order valence-electron chi connectivity index (χ0n) is 7.21. The molecule has 0 aromatic heterocycles. The van der Waals surface area contributed by atoms with Crippen molar-refractivity contribution >= 4 is 23.0 Å². The van der Waals surface area contributed by atoms with Crippen LogP contribution in [0.5, 0.6) is 0 Å². The molecule has 0 spiro atoms. The molecule has 0 aromatic rings. The molecular formula is C9H15NOS. The van der Waals surface area contributed by atoms with Crippen LogP contribution in [0.3, 0.4) is 0 Å². The van der Waals surface area contributed by atoms with Crippen LogP contribution in [0.2, 0.25) is 0 Å². The van der Waals surface area contributed by atoms with Gasteiger partial charge in [0.1, 0.15) is 5.78 Å². The van der Waals surface area contributed by atoms with Crippen molar-refractivity contribution < 1.29 is 4.79 Å². The SMILES string of the molecule is NC(=S)CC(=O)CC1CCCC1. The van der Waals surface area contributed by atoms with Gasteiger partial charge in [-0.15, -0.1) is 0 Å². The zero-order valence-corrected chi connectivity index (χ0v) is 8.03. The largest absolute Gasteiger partial charge is 0.393 e. The highest BCUT2D eigenvalue weighted by molar-refractivity contribution is 7.80. The van der Waals surface area contributed by atoms with E-state index in [0.717, 1.165) is 0 Å². The molecule has 0 saturated heterocycles. The van der Waals surface area contributed by atoms with E-state index in [2.05, 4.69) is 12.2 Å². The van der Waals surface area contributed by atoms with Gasteiger partial charge < -0.3 is 5.73 Å². The topological polar surface area (TPSA) is 43.1 Å². The fraction of sp³-hybridized carbons (Fsp3) is 0.778. The molecule has 3 heteroatoms. The first-order valence-electron chi connectivity index (χ1n) is 4.48. The Hall–Kier alpha value is -0.440. The average molecular weight is 185 g/mol. The van der Waals surface area contributed by atoms with Crippen molar-refractivity contribution in [3.63, 3.8) is 0 Å². The van der Waals surface area contributed by atoms with E-state index in [4.69, 9.17) is 5.73 Å². The van der Waals surface area contributed by atoms with Crippen LogP contribution < -0.4 is 5.73 Å². The van der Waals surface area contributed by atoms with Gasteiger partial charge in [-0.3, -0.25) is 4.79 Å². The second-order valence-corrected chi connectivity index (χ2v) is 4.06. The van der Waals surface area contributed by atoms with Gasteiger partial charge in [0.15, 0.2) is 0 Å². The third-order valence-corrected chi connectivity index (χ3v) is 2.51. The second-order valence-electron chi connectivity index (χ2n) is 3.54. The van der Waals surface area contributed by atoms with Crippen molar-refractivity contribution in [3.05, 3.63) is 0 Å². The molecule has 2 nitrogen and oxygen atoms in total. The summed E-state index contributed by atoms with van der Waals surface area (Å²) in [4.78, 5) is 11.6. The van der Waals surface area contributed by atoms with Gasteiger partial charge in [0.05, 0.1) is 11.4 Å². The number of nitrogens with two attached hydrogens (primary N) is 1. The molecule has 0 amide bonds. The molecule has 1 saturated carbocycles. The van der Waals surface area contributed by atoms with E-state index in [9.17, 15) is 4.79 Å². The van der Waals surface area contributed by atoms with Crippen LogP contribution in [0.4, 0.5) is 0 Å². The number of Topliss-reactive ketones (excluding diaryl/α,β-unsaturated/α-hetero) is 1. The molecular weight excluding hydrogens is 170 g/mol. The summed E-state index contributed by atoms with van der Waals surface area (Å²) >= 11 is 4.67. The van der Waals surface area contributed by atoms with Crippen LogP contribution in [-0.4, -0.2) is 10.8 Å². The minimum atomic E-state index is 0.217. The van der Waals surface area contributed by atoms with Gasteiger partial charge in [-0.25, -0.2) is 0 Å². The summed E-state index contributed by atoms with van der Waals surface area (Å²) < 4.78 is 0. The van der Waals surface area contributed by atoms with Gasteiger partial charge in [-0.2, -0.15) is 0 Å². The Bertz CT molecular complexity index is 185. The zero-order chi connectivity index (χ0) is 8.97. The van der Waals surface area contributed by atoms with E-state index >= 15 is 0 Å². The first kappa shape index (κ1) is 9.65. The number of carbonyl (C=O) groups is 1. The van der Waals surface area contributed by atoms with Crippen molar-refractivity contribution in [3.8, 4) is 0 Å². The summed E-state index contributed by atoms with van der Waals surface area (Å²) in [5.41, 5.74) is 5.28. The molecule has 0 atom stereocenters. The van der Waals surface area contributed by atoms with Gasteiger partial charge in [0.25, 0.3) is 0 Å². The van der Waals surface area contributed by atoms with Gasteiger partial charge in [-0.1, -0.05) is 37.9 Å². The highest BCUT2D eigenvalue weighted by atomic mass is 32.1. The number of hydrogen-bond donors (Lipinski definition) is 1. The van der Waals surface area contributed by atoms with E-state index < -0.39 is 0 Å². The molecule has 0 bridgehead atoms. The van der Waals surface area contributed by atoms with Crippen LogP contribution in [0.25, 0.3) is 0 Å². The number of ketones is 1. The third-order valence-electron chi connectivity index (χ3n) is 2.36. The third kappa shape index (κ3) is 3.30. The maximum Gasteiger partial charge on any atom is 0.139 e. The molecule has 0 aliphatic heterocycles. The van der Waals surface area contributed by atoms with Gasteiger partial charge in [0, 0.05) is 6.42 Å². The molecule has 12 heavy (non-hydrogen) atoms. The normalized spacial score (nSPS) is 18.0. The smallest absolute Gasteiger partial charge is 0.139 e. The Kier molecular flexibility index (Phi) is 3.66.